The van der Waals surface area contributed by atoms with Gasteiger partial charge >= 0.3 is 0 Å². The third kappa shape index (κ3) is 3.86. The molecule has 2 aromatic carbocycles. The fourth-order valence-corrected chi connectivity index (χ4v) is 4.08. The summed E-state index contributed by atoms with van der Waals surface area (Å²) in [6.45, 7) is 0.964. The molecule has 2 aromatic heterocycles. The molecule has 4 aromatic rings. The molecule has 0 saturated carbocycles. The van der Waals surface area contributed by atoms with Crippen LogP contribution >= 0.6 is 11.8 Å². The van der Waals surface area contributed by atoms with Gasteiger partial charge < -0.3 is 4.74 Å². The van der Waals surface area contributed by atoms with Crippen molar-refractivity contribution in [3.05, 3.63) is 70.3 Å². The minimum atomic E-state index is -0.388. The third-order valence-electron chi connectivity index (χ3n) is 4.71. The number of aryl methyl sites for hydroxylation is 1. The monoisotopic (exact) mass is 426 g/mol. The number of benzene rings is 2. The Morgan fingerprint density at radius 1 is 1.13 bits per heavy atom. The van der Waals surface area contributed by atoms with Gasteiger partial charge in [0.25, 0.3) is 5.56 Å². The van der Waals surface area contributed by atoms with Crippen LogP contribution < -0.4 is 5.56 Å². The molecule has 2 heterocycles. The third-order valence-corrected chi connectivity index (χ3v) is 5.64. The molecule has 30 heavy (non-hydrogen) atoms. The SMILES string of the molecule is COCCCn1c(=O)c2ccccc2n2c(SCC(=O)c3ccc(F)cc3)nnc12. The molecule has 0 fully saturated rings. The number of ketones is 1. The zero-order valence-electron chi connectivity index (χ0n) is 16.2. The van der Waals surface area contributed by atoms with Gasteiger partial charge in [-0.25, -0.2) is 4.39 Å². The Morgan fingerprint density at radius 3 is 2.67 bits per heavy atom. The lowest BCUT2D eigenvalue weighted by Crippen LogP contribution is -2.24. The van der Waals surface area contributed by atoms with E-state index >= 15 is 0 Å². The number of rotatable bonds is 8. The number of fused-ring (bicyclic) bond motifs is 3. The number of halogens is 1. The number of Topliss-reactive ketones (excluding diaryl/α,β-unsaturated/α-hetero) is 1. The van der Waals surface area contributed by atoms with Gasteiger partial charge in [-0.3, -0.25) is 18.6 Å². The summed E-state index contributed by atoms with van der Waals surface area (Å²) in [6, 6.07) is 12.7. The van der Waals surface area contributed by atoms with Gasteiger partial charge in [0.2, 0.25) is 5.78 Å². The highest BCUT2D eigenvalue weighted by atomic mass is 32.2. The molecule has 0 atom stereocenters. The highest BCUT2D eigenvalue weighted by Crippen LogP contribution is 2.22. The van der Waals surface area contributed by atoms with Crippen molar-refractivity contribution < 1.29 is 13.9 Å². The fourth-order valence-electron chi connectivity index (χ4n) is 3.24. The van der Waals surface area contributed by atoms with Gasteiger partial charge in [0, 0.05) is 25.8 Å². The van der Waals surface area contributed by atoms with E-state index in [2.05, 4.69) is 10.2 Å². The van der Waals surface area contributed by atoms with Gasteiger partial charge in [-0.1, -0.05) is 23.9 Å². The van der Waals surface area contributed by atoms with Crippen molar-refractivity contribution in [3.8, 4) is 0 Å². The summed E-state index contributed by atoms with van der Waals surface area (Å²) < 4.78 is 21.6. The van der Waals surface area contributed by atoms with Gasteiger partial charge in [-0.2, -0.15) is 0 Å². The van der Waals surface area contributed by atoms with E-state index in [0.29, 0.717) is 47.0 Å². The van der Waals surface area contributed by atoms with Crippen LogP contribution in [0.2, 0.25) is 0 Å². The van der Waals surface area contributed by atoms with Crippen molar-refractivity contribution >= 4 is 34.2 Å². The topological polar surface area (TPSA) is 78.5 Å². The molecule has 0 aliphatic rings. The molecule has 7 nitrogen and oxygen atoms in total. The Balaban J connectivity index is 1.71. The number of thioether (sulfide) groups is 1. The van der Waals surface area contributed by atoms with Gasteiger partial charge in [-0.15, -0.1) is 10.2 Å². The second kappa shape index (κ2) is 8.76. The maximum atomic E-state index is 13.1. The maximum Gasteiger partial charge on any atom is 0.262 e. The summed E-state index contributed by atoms with van der Waals surface area (Å²) in [6.07, 6.45) is 0.656. The number of methoxy groups -OCH3 is 1. The average Bonchev–Trinajstić information content (AvgIpc) is 3.19. The molecule has 0 spiro atoms. The molecule has 0 aliphatic carbocycles. The molecule has 0 aliphatic heterocycles. The summed E-state index contributed by atoms with van der Waals surface area (Å²) >= 11 is 1.23. The van der Waals surface area contributed by atoms with Crippen molar-refractivity contribution in [2.45, 2.75) is 18.1 Å². The first-order valence-electron chi connectivity index (χ1n) is 9.37. The van der Waals surface area contributed by atoms with Crippen LogP contribution in [0.3, 0.4) is 0 Å². The first-order chi connectivity index (χ1) is 14.6. The van der Waals surface area contributed by atoms with Gasteiger partial charge in [0.05, 0.1) is 16.7 Å². The van der Waals surface area contributed by atoms with Gasteiger partial charge in [-0.05, 0) is 42.8 Å². The van der Waals surface area contributed by atoms with Crippen molar-refractivity contribution in [1.29, 1.82) is 0 Å². The molecule has 0 N–H and O–H groups in total. The van der Waals surface area contributed by atoms with E-state index in [1.54, 1.807) is 22.1 Å². The Bertz CT molecular complexity index is 1270. The number of para-hydroxylation sites is 1. The first kappa shape index (κ1) is 20.2. The summed E-state index contributed by atoms with van der Waals surface area (Å²) in [5.74, 6) is 0.00498. The molecular formula is C21H19FN4O3S. The van der Waals surface area contributed by atoms with Gasteiger partial charge in [0.1, 0.15) is 5.82 Å². The number of nitrogens with zero attached hydrogens (tertiary/aromatic N) is 4. The quantitative estimate of drug-likeness (QED) is 0.245. The van der Waals surface area contributed by atoms with Crippen LogP contribution in [0.5, 0.6) is 0 Å². The molecule has 154 valence electrons. The summed E-state index contributed by atoms with van der Waals surface area (Å²) in [5, 5.41) is 9.51. The molecule has 9 heteroatoms. The van der Waals surface area contributed by atoms with E-state index in [1.807, 2.05) is 18.2 Å². The molecule has 4 rings (SSSR count). The molecule has 0 amide bonds. The number of aromatic nitrogens is 4. The predicted octanol–water partition coefficient (Wildman–Crippen LogP) is 3.19. The second-order valence-corrected chi connectivity index (χ2v) is 7.60. The minimum Gasteiger partial charge on any atom is -0.385 e. The second-order valence-electron chi connectivity index (χ2n) is 6.66. The normalized spacial score (nSPS) is 11.4. The minimum absolute atomic E-state index is 0.115. The van der Waals surface area contributed by atoms with Crippen molar-refractivity contribution in [3.63, 3.8) is 0 Å². The summed E-state index contributed by atoms with van der Waals surface area (Å²) in [4.78, 5) is 25.5. The maximum absolute atomic E-state index is 13.1. The highest BCUT2D eigenvalue weighted by molar-refractivity contribution is 7.99. The van der Waals surface area contributed by atoms with Crippen molar-refractivity contribution in [1.82, 2.24) is 19.2 Å². The Labute approximate surface area is 175 Å². The largest absolute Gasteiger partial charge is 0.385 e. The number of carbonyl (C=O) groups excluding carboxylic acids is 1. The zero-order valence-corrected chi connectivity index (χ0v) is 17.1. The van der Waals surface area contributed by atoms with Crippen LogP contribution in [0, 0.1) is 5.82 Å². The highest BCUT2D eigenvalue weighted by Gasteiger charge is 2.18. The lowest BCUT2D eigenvalue weighted by molar-refractivity contribution is 0.102. The van der Waals surface area contributed by atoms with Crippen LogP contribution in [0.15, 0.2) is 58.5 Å². The number of hydrogen-bond donors (Lipinski definition) is 0. The van der Waals surface area contributed by atoms with Crippen LogP contribution in [-0.4, -0.2) is 44.4 Å². The molecular weight excluding hydrogens is 407 g/mol. The van der Waals surface area contributed by atoms with Crippen molar-refractivity contribution in [2.24, 2.45) is 0 Å². The standard InChI is InChI=1S/C21H19FN4O3S/c1-29-12-4-11-25-19(28)16-5-2-3-6-17(16)26-20(25)23-24-21(26)30-13-18(27)14-7-9-15(22)10-8-14/h2-3,5-10H,4,11-13H2,1H3. The first-order valence-corrected chi connectivity index (χ1v) is 10.4. The Morgan fingerprint density at radius 2 is 1.90 bits per heavy atom. The van der Waals surface area contributed by atoms with Crippen LogP contribution in [0.25, 0.3) is 16.7 Å². The average molecular weight is 426 g/mol. The van der Waals surface area contributed by atoms with Gasteiger partial charge in [0.15, 0.2) is 10.9 Å². The van der Waals surface area contributed by atoms with E-state index in [4.69, 9.17) is 4.74 Å². The molecule has 0 bridgehead atoms. The fraction of sp³-hybridized carbons (Fsp3) is 0.238. The lowest BCUT2D eigenvalue weighted by Gasteiger charge is -2.11. The lowest BCUT2D eigenvalue weighted by atomic mass is 10.1. The Hall–Kier alpha value is -3.04. The van der Waals surface area contributed by atoms with E-state index < -0.39 is 0 Å². The van der Waals surface area contributed by atoms with Crippen LogP contribution in [-0.2, 0) is 11.3 Å². The van der Waals surface area contributed by atoms with Crippen molar-refractivity contribution in [2.75, 3.05) is 19.5 Å². The zero-order chi connectivity index (χ0) is 21.1. The summed E-state index contributed by atoms with van der Waals surface area (Å²) in [7, 11) is 1.61. The molecule has 0 unspecified atom stereocenters. The molecule has 0 radical (unpaired) electrons. The number of carbonyl (C=O) groups is 1. The van der Waals surface area contributed by atoms with E-state index in [9.17, 15) is 14.0 Å². The van der Waals surface area contributed by atoms with E-state index in [-0.39, 0.29) is 22.9 Å². The molecule has 0 saturated heterocycles. The van der Waals surface area contributed by atoms with Crippen LogP contribution in [0.4, 0.5) is 4.39 Å². The van der Waals surface area contributed by atoms with E-state index in [0.717, 1.165) is 0 Å². The smallest absolute Gasteiger partial charge is 0.262 e. The number of hydrogen-bond acceptors (Lipinski definition) is 6. The number of ether oxygens (including phenoxy) is 1. The van der Waals surface area contributed by atoms with E-state index in [1.165, 1.54) is 36.0 Å². The predicted molar refractivity (Wildman–Crippen MR) is 113 cm³/mol. The van der Waals surface area contributed by atoms with Crippen LogP contribution in [0.1, 0.15) is 16.8 Å². The Kier molecular flexibility index (Phi) is 5.91. The summed E-state index contributed by atoms with van der Waals surface area (Å²) in [5.41, 5.74) is 0.974.